The maximum Gasteiger partial charge on any atom is 0.252 e. The van der Waals surface area contributed by atoms with E-state index in [2.05, 4.69) is 5.32 Å². The molecule has 0 saturated carbocycles. The predicted octanol–water partition coefficient (Wildman–Crippen LogP) is 1.94. The first-order valence-corrected chi connectivity index (χ1v) is 6.18. The van der Waals surface area contributed by atoms with Crippen molar-refractivity contribution in [1.82, 2.24) is 4.90 Å². The van der Waals surface area contributed by atoms with E-state index < -0.39 is 6.04 Å². The standard InChI is InChI=1S/C14H18N2O2/c1-9(2)16-13(17)8-12(14(16)18)15-11-7-5-4-6-10(11)3/h4-7,9,12,15H,8H2,1-3H3. The Morgan fingerprint density at radius 3 is 2.50 bits per heavy atom. The summed E-state index contributed by atoms with van der Waals surface area (Å²) in [5.74, 6) is -0.223. The third kappa shape index (κ3) is 2.23. The molecule has 0 radical (unpaired) electrons. The first-order valence-electron chi connectivity index (χ1n) is 6.18. The highest BCUT2D eigenvalue weighted by atomic mass is 16.2. The van der Waals surface area contributed by atoms with E-state index in [1.807, 2.05) is 45.0 Å². The van der Waals surface area contributed by atoms with Gasteiger partial charge in [-0.05, 0) is 32.4 Å². The second-order valence-electron chi connectivity index (χ2n) is 4.91. The van der Waals surface area contributed by atoms with E-state index in [1.54, 1.807) is 0 Å². The monoisotopic (exact) mass is 246 g/mol. The van der Waals surface area contributed by atoms with Gasteiger partial charge in [0.15, 0.2) is 0 Å². The van der Waals surface area contributed by atoms with Crippen molar-refractivity contribution in [2.45, 2.75) is 39.3 Å². The fourth-order valence-electron chi connectivity index (χ4n) is 2.23. The van der Waals surface area contributed by atoms with E-state index in [-0.39, 0.29) is 24.3 Å². The van der Waals surface area contributed by atoms with Gasteiger partial charge in [-0.1, -0.05) is 18.2 Å². The lowest BCUT2D eigenvalue weighted by molar-refractivity contribution is -0.140. The molecule has 0 aliphatic carbocycles. The number of nitrogens with zero attached hydrogens (tertiary/aromatic N) is 1. The largest absolute Gasteiger partial charge is 0.373 e. The fraction of sp³-hybridized carbons (Fsp3) is 0.429. The summed E-state index contributed by atoms with van der Waals surface area (Å²) in [6.45, 7) is 5.68. The van der Waals surface area contributed by atoms with Gasteiger partial charge in [0.05, 0.1) is 6.42 Å². The quantitative estimate of drug-likeness (QED) is 0.829. The number of benzene rings is 1. The van der Waals surface area contributed by atoms with Gasteiger partial charge in [-0.2, -0.15) is 0 Å². The molecule has 4 heteroatoms. The molecule has 2 rings (SSSR count). The van der Waals surface area contributed by atoms with Crippen molar-refractivity contribution >= 4 is 17.5 Å². The van der Waals surface area contributed by atoms with E-state index in [9.17, 15) is 9.59 Å². The molecule has 1 aliphatic rings. The summed E-state index contributed by atoms with van der Waals surface area (Å²) < 4.78 is 0. The van der Waals surface area contributed by atoms with Gasteiger partial charge in [0.2, 0.25) is 5.91 Å². The molecule has 18 heavy (non-hydrogen) atoms. The van der Waals surface area contributed by atoms with Gasteiger partial charge in [-0.15, -0.1) is 0 Å². The van der Waals surface area contributed by atoms with E-state index in [1.165, 1.54) is 4.90 Å². The molecule has 1 heterocycles. The Morgan fingerprint density at radius 1 is 1.28 bits per heavy atom. The number of hydrogen-bond donors (Lipinski definition) is 1. The zero-order chi connectivity index (χ0) is 13.3. The molecule has 0 spiro atoms. The van der Waals surface area contributed by atoms with E-state index in [0.29, 0.717) is 0 Å². The number of amides is 2. The SMILES string of the molecule is Cc1ccccc1NC1CC(=O)N(C(C)C)C1=O. The Morgan fingerprint density at radius 2 is 1.94 bits per heavy atom. The molecule has 96 valence electrons. The number of likely N-dealkylation sites (tertiary alicyclic amines) is 1. The van der Waals surface area contributed by atoms with Gasteiger partial charge in [-0.3, -0.25) is 14.5 Å². The summed E-state index contributed by atoms with van der Waals surface area (Å²) in [7, 11) is 0. The molecule has 1 saturated heterocycles. The van der Waals surface area contributed by atoms with Crippen molar-refractivity contribution < 1.29 is 9.59 Å². The second-order valence-corrected chi connectivity index (χ2v) is 4.91. The molecular formula is C14H18N2O2. The average molecular weight is 246 g/mol. The van der Waals surface area contributed by atoms with Crippen LogP contribution in [0, 0.1) is 6.92 Å². The van der Waals surface area contributed by atoms with Crippen molar-refractivity contribution in [2.75, 3.05) is 5.32 Å². The highest BCUT2D eigenvalue weighted by molar-refractivity contribution is 6.07. The number of aryl methyl sites for hydroxylation is 1. The molecule has 1 aromatic rings. The molecule has 0 bridgehead atoms. The van der Waals surface area contributed by atoms with Crippen molar-refractivity contribution in [3.8, 4) is 0 Å². The molecule has 1 N–H and O–H groups in total. The lowest BCUT2D eigenvalue weighted by Gasteiger charge is -2.19. The summed E-state index contributed by atoms with van der Waals surface area (Å²) in [4.78, 5) is 25.2. The Bertz CT molecular complexity index is 482. The van der Waals surface area contributed by atoms with Crippen LogP contribution in [-0.2, 0) is 9.59 Å². The van der Waals surface area contributed by atoms with Crippen LogP contribution >= 0.6 is 0 Å². The van der Waals surface area contributed by atoms with Gasteiger partial charge in [0.25, 0.3) is 5.91 Å². The fourth-order valence-corrected chi connectivity index (χ4v) is 2.23. The molecule has 2 amide bonds. The van der Waals surface area contributed by atoms with Crippen LogP contribution in [0.5, 0.6) is 0 Å². The van der Waals surface area contributed by atoms with E-state index in [0.717, 1.165) is 11.3 Å². The normalized spacial score (nSPS) is 19.8. The summed E-state index contributed by atoms with van der Waals surface area (Å²) >= 11 is 0. The highest BCUT2D eigenvalue weighted by Gasteiger charge is 2.39. The molecule has 1 fully saturated rings. The van der Waals surface area contributed by atoms with Gasteiger partial charge in [0, 0.05) is 11.7 Å². The van der Waals surface area contributed by atoms with Crippen LogP contribution in [0.3, 0.4) is 0 Å². The predicted molar refractivity (Wildman–Crippen MR) is 70.2 cm³/mol. The van der Waals surface area contributed by atoms with Gasteiger partial charge in [-0.25, -0.2) is 0 Å². The number of imide groups is 1. The lowest BCUT2D eigenvalue weighted by atomic mass is 10.1. The number of nitrogens with one attached hydrogen (secondary N) is 1. The van der Waals surface area contributed by atoms with Crippen molar-refractivity contribution in [3.05, 3.63) is 29.8 Å². The van der Waals surface area contributed by atoms with Crippen LogP contribution in [0.1, 0.15) is 25.8 Å². The number of carbonyl (C=O) groups excluding carboxylic acids is 2. The second kappa shape index (κ2) is 4.80. The summed E-state index contributed by atoms with van der Waals surface area (Å²) in [6.07, 6.45) is 0.241. The van der Waals surface area contributed by atoms with Gasteiger partial charge >= 0.3 is 0 Å². The summed E-state index contributed by atoms with van der Waals surface area (Å²) in [5, 5.41) is 3.16. The van der Waals surface area contributed by atoms with Crippen molar-refractivity contribution in [3.63, 3.8) is 0 Å². The molecule has 0 aromatic heterocycles. The number of para-hydroxylation sites is 1. The number of anilines is 1. The topological polar surface area (TPSA) is 49.4 Å². The summed E-state index contributed by atoms with van der Waals surface area (Å²) in [5.41, 5.74) is 1.98. The lowest BCUT2D eigenvalue weighted by Crippen LogP contribution is -2.39. The average Bonchev–Trinajstić information content (AvgIpc) is 2.57. The first kappa shape index (κ1) is 12.6. The maximum absolute atomic E-state index is 12.1. The van der Waals surface area contributed by atoms with Gasteiger partial charge < -0.3 is 5.32 Å². The van der Waals surface area contributed by atoms with Crippen LogP contribution in [0.2, 0.25) is 0 Å². The maximum atomic E-state index is 12.1. The summed E-state index contributed by atoms with van der Waals surface area (Å²) in [6, 6.07) is 7.25. The number of carbonyl (C=O) groups is 2. The van der Waals surface area contributed by atoms with Crippen LogP contribution in [0.25, 0.3) is 0 Å². The third-order valence-corrected chi connectivity index (χ3v) is 3.17. The van der Waals surface area contributed by atoms with Crippen LogP contribution in [-0.4, -0.2) is 28.8 Å². The minimum absolute atomic E-state index is 0.0753. The Hall–Kier alpha value is -1.84. The molecule has 4 nitrogen and oxygen atoms in total. The minimum Gasteiger partial charge on any atom is -0.373 e. The zero-order valence-electron chi connectivity index (χ0n) is 10.9. The van der Waals surface area contributed by atoms with Crippen LogP contribution < -0.4 is 5.32 Å². The third-order valence-electron chi connectivity index (χ3n) is 3.17. The molecular weight excluding hydrogens is 228 g/mol. The highest BCUT2D eigenvalue weighted by Crippen LogP contribution is 2.22. The van der Waals surface area contributed by atoms with Crippen molar-refractivity contribution in [1.29, 1.82) is 0 Å². The molecule has 1 aliphatic heterocycles. The molecule has 1 aromatic carbocycles. The van der Waals surface area contributed by atoms with E-state index >= 15 is 0 Å². The van der Waals surface area contributed by atoms with Crippen molar-refractivity contribution in [2.24, 2.45) is 0 Å². The number of hydrogen-bond acceptors (Lipinski definition) is 3. The Kier molecular flexibility index (Phi) is 3.36. The Labute approximate surface area is 107 Å². The van der Waals surface area contributed by atoms with E-state index in [4.69, 9.17) is 0 Å². The first-order chi connectivity index (χ1) is 8.50. The molecule has 1 atom stereocenters. The smallest absolute Gasteiger partial charge is 0.252 e. The zero-order valence-corrected chi connectivity index (χ0v) is 10.9. The van der Waals surface area contributed by atoms with Crippen LogP contribution in [0.15, 0.2) is 24.3 Å². The Balaban J connectivity index is 2.15. The number of rotatable bonds is 3. The minimum atomic E-state index is -0.430. The van der Waals surface area contributed by atoms with Crippen LogP contribution in [0.4, 0.5) is 5.69 Å². The molecule has 1 unspecified atom stereocenters. The van der Waals surface area contributed by atoms with Gasteiger partial charge in [0.1, 0.15) is 6.04 Å².